The average Bonchev–Trinajstić information content (AvgIpc) is 3.56. The highest BCUT2D eigenvalue weighted by atomic mass is 16.5. The van der Waals surface area contributed by atoms with Gasteiger partial charge < -0.3 is 15.0 Å². The molecule has 1 aliphatic carbocycles. The molecule has 6 rings (SSSR count). The molecule has 0 radical (unpaired) electrons. The van der Waals surface area contributed by atoms with Crippen LogP contribution in [-0.4, -0.2) is 40.1 Å². The van der Waals surface area contributed by atoms with Crippen molar-refractivity contribution >= 4 is 16.7 Å². The van der Waals surface area contributed by atoms with Crippen molar-refractivity contribution in [1.82, 2.24) is 20.2 Å². The lowest BCUT2D eigenvalue weighted by Gasteiger charge is -2.39. The van der Waals surface area contributed by atoms with Crippen LogP contribution in [0.1, 0.15) is 55.1 Å². The molecule has 5 nitrogen and oxygen atoms in total. The lowest BCUT2D eigenvalue weighted by atomic mass is 9.95. The van der Waals surface area contributed by atoms with Gasteiger partial charge in [0.15, 0.2) is 0 Å². The number of H-pyrrole nitrogens is 1. The third-order valence-electron chi connectivity index (χ3n) is 7.03. The van der Waals surface area contributed by atoms with Gasteiger partial charge in [-0.05, 0) is 62.3 Å². The Kier molecular flexibility index (Phi) is 4.72. The third kappa shape index (κ3) is 3.72. The topological polar surface area (TPSA) is 53.2 Å². The number of hydrogen-bond donors (Lipinski definition) is 2. The van der Waals surface area contributed by atoms with Crippen LogP contribution in [0.15, 0.2) is 49.0 Å². The summed E-state index contributed by atoms with van der Waals surface area (Å²) in [6.45, 7) is 6.28. The fourth-order valence-corrected chi connectivity index (χ4v) is 5.21. The molecule has 5 heteroatoms. The average molecular weight is 415 g/mol. The molecule has 1 saturated heterocycles. The zero-order chi connectivity index (χ0) is 20.8. The molecule has 1 aromatic heterocycles. The lowest BCUT2D eigenvalue weighted by molar-refractivity contribution is 0.116. The van der Waals surface area contributed by atoms with Crippen molar-refractivity contribution in [3.63, 3.8) is 0 Å². The number of imidazole rings is 1. The smallest absolute Gasteiger partial charge is 0.124 e. The first-order chi connectivity index (χ1) is 15.2. The number of fused-ring (bicyclic) bond motifs is 2. The van der Waals surface area contributed by atoms with Crippen LogP contribution in [0, 0.1) is 0 Å². The summed E-state index contributed by atoms with van der Waals surface area (Å²) in [4.78, 5) is 11.2. The Morgan fingerprint density at radius 2 is 2.06 bits per heavy atom. The molecule has 2 atom stereocenters. The fourth-order valence-electron chi connectivity index (χ4n) is 5.21. The van der Waals surface area contributed by atoms with E-state index < -0.39 is 0 Å². The van der Waals surface area contributed by atoms with Crippen LogP contribution in [-0.2, 0) is 6.42 Å². The second-order valence-electron chi connectivity index (χ2n) is 9.24. The van der Waals surface area contributed by atoms with Crippen LogP contribution >= 0.6 is 0 Å². The summed E-state index contributed by atoms with van der Waals surface area (Å²) in [6, 6.07) is 16.3. The summed E-state index contributed by atoms with van der Waals surface area (Å²) < 4.78 is 5.87. The zero-order valence-electron chi connectivity index (χ0n) is 17.9. The van der Waals surface area contributed by atoms with Crippen LogP contribution < -0.4 is 10.1 Å². The maximum Gasteiger partial charge on any atom is 0.124 e. The first-order valence-electron chi connectivity index (χ1n) is 11.7. The van der Waals surface area contributed by atoms with Crippen molar-refractivity contribution in [3.05, 3.63) is 66.0 Å². The number of piperidine rings is 1. The van der Waals surface area contributed by atoms with Gasteiger partial charge in [0.2, 0.25) is 0 Å². The first kappa shape index (κ1) is 18.9. The summed E-state index contributed by atoms with van der Waals surface area (Å²) in [5.74, 6) is 2.13. The Hall–Kier alpha value is -2.79. The van der Waals surface area contributed by atoms with Gasteiger partial charge >= 0.3 is 0 Å². The second-order valence-corrected chi connectivity index (χ2v) is 9.24. The number of rotatable bonds is 5. The highest BCUT2D eigenvalue weighted by Crippen LogP contribution is 2.40. The van der Waals surface area contributed by atoms with Gasteiger partial charge in [0.1, 0.15) is 11.6 Å². The Balaban J connectivity index is 1.21. The van der Waals surface area contributed by atoms with E-state index >= 15 is 0 Å². The van der Waals surface area contributed by atoms with E-state index in [1.165, 1.54) is 18.4 Å². The van der Waals surface area contributed by atoms with Crippen LogP contribution in [0.5, 0.6) is 5.75 Å². The maximum atomic E-state index is 5.87. The van der Waals surface area contributed by atoms with Crippen molar-refractivity contribution in [2.75, 3.05) is 13.2 Å². The van der Waals surface area contributed by atoms with E-state index in [1.54, 1.807) is 0 Å². The summed E-state index contributed by atoms with van der Waals surface area (Å²) in [6.07, 6.45) is 7.01. The molecular formula is C26H30N4O. The van der Waals surface area contributed by atoms with Crippen molar-refractivity contribution in [3.8, 4) is 5.75 Å². The Bertz CT molecular complexity index is 1080. The zero-order valence-corrected chi connectivity index (χ0v) is 17.9. The largest absolute Gasteiger partial charge is 0.493 e. The van der Waals surface area contributed by atoms with E-state index in [4.69, 9.17) is 9.72 Å². The number of hydrogen-bond acceptors (Lipinski definition) is 4. The van der Waals surface area contributed by atoms with E-state index in [2.05, 4.69) is 64.2 Å². The Labute approximate surface area is 183 Å². The number of nitrogens with one attached hydrogen (secondary N) is 2. The molecule has 2 aromatic carbocycles. The van der Waals surface area contributed by atoms with Crippen molar-refractivity contribution in [1.29, 1.82) is 0 Å². The molecule has 0 amide bonds. The number of para-hydroxylation sites is 2. The normalized spacial score (nSPS) is 23.9. The summed E-state index contributed by atoms with van der Waals surface area (Å²) in [7, 11) is 0. The quantitative estimate of drug-likeness (QED) is 0.629. The lowest BCUT2D eigenvalue weighted by Crippen LogP contribution is -2.45. The molecule has 31 heavy (non-hydrogen) atoms. The predicted molar refractivity (Wildman–Crippen MR) is 124 cm³/mol. The van der Waals surface area contributed by atoms with E-state index in [1.807, 2.05) is 0 Å². The van der Waals surface area contributed by atoms with Crippen molar-refractivity contribution < 1.29 is 4.74 Å². The van der Waals surface area contributed by atoms with E-state index in [-0.39, 0.29) is 0 Å². The van der Waals surface area contributed by atoms with Gasteiger partial charge in [-0.2, -0.15) is 0 Å². The van der Waals surface area contributed by atoms with Gasteiger partial charge in [0.05, 0.1) is 23.7 Å². The van der Waals surface area contributed by atoms with Gasteiger partial charge in [-0.3, -0.25) is 4.90 Å². The monoisotopic (exact) mass is 414 g/mol. The second kappa shape index (κ2) is 7.72. The van der Waals surface area contributed by atoms with Gasteiger partial charge in [-0.15, -0.1) is 0 Å². The number of benzene rings is 2. The Morgan fingerprint density at radius 1 is 1.16 bits per heavy atom. The number of aromatic nitrogens is 2. The molecule has 0 bridgehead atoms. The Morgan fingerprint density at radius 3 is 2.94 bits per heavy atom. The van der Waals surface area contributed by atoms with Gasteiger partial charge in [0, 0.05) is 29.9 Å². The molecule has 2 N–H and O–H groups in total. The molecule has 2 aliphatic heterocycles. The minimum Gasteiger partial charge on any atom is -0.493 e. The van der Waals surface area contributed by atoms with Gasteiger partial charge in [-0.25, -0.2) is 4.98 Å². The molecule has 3 heterocycles. The minimum atomic E-state index is 0.325. The molecule has 3 aliphatic rings. The van der Waals surface area contributed by atoms with E-state index in [0.29, 0.717) is 12.1 Å². The molecule has 3 aromatic rings. The third-order valence-corrected chi connectivity index (χ3v) is 7.03. The van der Waals surface area contributed by atoms with E-state index in [9.17, 15) is 0 Å². The fraction of sp³-hybridized carbons (Fsp3) is 0.423. The molecule has 160 valence electrons. The molecule has 0 spiro atoms. The predicted octanol–water partition coefficient (Wildman–Crippen LogP) is 4.82. The van der Waals surface area contributed by atoms with Crippen LogP contribution in [0.3, 0.4) is 0 Å². The molecule has 1 unspecified atom stereocenters. The van der Waals surface area contributed by atoms with Crippen molar-refractivity contribution in [2.24, 2.45) is 0 Å². The summed E-state index contributed by atoms with van der Waals surface area (Å²) in [5.41, 5.74) is 5.62. The standard InChI is InChI=1S/C26H30N4O/c1-17(19-9-8-18-5-4-14-31-25(18)15-19)27-20-12-13-30(21-10-11-21)24(16-20)26-28-22-6-2-3-7-23(22)29-26/h2-3,6-9,15,20-21,24,27H,1,4-5,10-14,16H2,(H,28,29)/t20?,24-/m1/s1. The number of aryl methyl sites for hydroxylation is 1. The van der Waals surface area contributed by atoms with Gasteiger partial charge in [0.25, 0.3) is 0 Å². The number of aromatic amines is 1. The highest BCUT2D eigenvalue weighted by molar-refractivity contribution is 5.74. The number of ether oxygens (including phenoxy) is 1. The number of nitrogens with zero attached hydrogens (tertiary/aromatic N) is 2. The van der Waals surface area contributed by atoms with Crippen molar-refractivity contribution in [2.45, 2.75) is 56.7 Å². The SMILES string of the molecule is C=C(NC1CCN(C2CC2)[C@@H](c2nc3ccccc3[nH]2)C1)c1ccc2c(c1)OCCC2. The number of likely N-dealkylation sites (tertiary alicyclic amines) is 1. The minimum absolute atomic E-state index is 0.325. The highest BCUT2D eigenvalue weighted by Gasteiger charge is 2.40. The molecule has 2 fully saturated rings. The molecule has 1 saturated carbocycles. The van der Waals surface area contributed by atoms with Crippen LogP contribution in [0.4, 0.5) is 0 Å². The van der Waals surface area contributed by atoms with Gasteiger partial charge in [-0.1, -0.05) is 30.8 Å². The van der Waals surface area contributed by atoms with E-state index in [0.717, 1.165) is 78.7 Å². The molecular weight excluding hydrogens is 384 g/mol. The van der Waals surface area contributed by atoms with Crippen LogP contribution in [0.2, 0.25) is 0 Å². The summed E-state index contributed by atoms with van der Waals surface area (Å²) in [5, 5.41) is 3.74. The first-order valence-corrected chi connectivity index (χ1v) is 11.7. The summed E-state index contributed by atoms with van der Waals surface area (Å²) >= 11 is 0. The van der Waals surface area contributed by atoms with Crippen LogP contribution in [0.25, 0.3) is 16.7 Å². The maximum absolute atomic E-state index is 5.87.